The van der Waals surface area contributed by atoms with E-state index in [2.05, 4.69) is 0 Å². The Labute approximate surface area is 110 Å². The van der Waals surface area contributed by atoms with Crippen molar-refractivity contribution in [3.63, 3.8) is 0 Å². The first-order chi connectivity index (χ1) is 8.07. The van der Waals surface area contributed by atoms with Gasteiger partial charge in [0.2, 0.25) is 0 Å². The Morgan fingerprint density at radius 1 is 1.18 bits per heavy atom. The summed E-state index contributed by atoms with van der Waals surface area (Å²) in [6.07, 6.45) is 1.26. The van der Waals surface area contributed by atoms with Crippen LogP contribution >= 0.6 is 23.1 Å². The van der Waals surface area contributed by atoms with Crippen LogP contribution in [-0.2, 0) is 15.6 Å². The second kappa shape index (κ2) is 5.25. The van der Waals surface area contributed by atoms with Gasteiger partial charge in [-0.15, -0.1) is 23.1 Å². The number of thioether (sulfide) groups is 1. The molecule has 0 amide bonds. The maximum absolute atomic E-state index is 11.5. The van der Waals surface area contributed by atoms with Crippen molar-refractivity contribution < 1.29 is 8.42 Å². The van der Waals surface area contributed by atoms with E-state index < -0.39 is 9.84 Å². The second-order valence-corrected chi connectivity index (χ2v) is 7.76. The number of thiophene rings is 1. The summed E-state index contributed by atoms with van der Waals surface area (Å²) in [7, 11) is -3.10. The van der Waals surface area contributed by atoms with Crippen molar-refractivity contribution in [2.45, 2.75) is 14.9 Å². The number of benzene rings is 1. The Morgan fingerprint density at radius 3 is 2.53 bits per heavy atom. The van der Waals surface area contributed by atoms with E-state index in [1.54, 1.807) is 11.8 Å². The van der Waals surface area contributed by atoms with Gasteiger partial charge < -0.3 is 0 Å². The minimum absolute atomic E-state index is 0.471. The highest BCUT2D eigenvalue weighted by atomic mass is 32.2. The molecule has 2 nitrogen and oxygen atoms in total. The molecule has 0 N–H and O–H groups in total. The van der Waals surface area contributed by atoms with Crippen LogP contribution in [0.4, 0.5) is 0 Å². The van der Waals surface area contributed by atoms with Crippen LogP contribution in [0, 0.1) is 0 Å². The SMILES string of the molecule is CS(=O)(=O)c1sccc1SCc1ccccc1. The first-order valence-electron chi connectivity index (χ1n) is 5.01. The number of rotatable bonds is 4. The van der Waals surface area contributed by atoms with Crippen LogP contribution in [0.2, 0.25) is 0 Å². The summed E-state index contributed by atoms with van der Waals surface area (Å²) < 4.78 is 23.5. The van der Waals surface area contributed by atoms with Gasteiger partial charge in [0.15, 0.2) is 9.84 Å². The summed E-state index contributed by atoms with van der Waals surface area (Å²) >= 11 is 2.85. The van der Waals surface area contributed by atoms with E-state index in [-0.39, 0.29) is 0 Å². The van der Waals surface area contributed by atoms with Crippen molar-refractivity contribution in [1.29, 1.82) is 0 Å². The highest BCUT2D eigenvalue weighted by molar-refractivity contribution is 8.00. The third kappa shape index (κ3) is 3.34. The molecule has 0 unspecified atom stereocenters. The van der Waals surface area contributed by atoms with Gasteiger partial charge in [-0.1, -0.05) is 30.3 Å². The summed E-state index contributed by atoms with van der Waals surface area (Å²) in [5.41, 5.74) is 1.20. The number of sulfone groups is 1. The van der Waals surface area contributed by atoms with Crippen LogP contribution in [0.25, 0.3) is 0 Å². The Hall–Kier alpha value is -0.780. The third-order valence-electron chi connectivity index (χ3n) is 2.17. The minimum atomic E-state index is -3.10. The minimum Gasteiger partial charge on any atom is -0.223 e. The topological polar surface area (TPSA) is 34.1 Å². The molecular formula is C12H12O2S3. The second-order valence-electron chi connectivity index (χ2n) is 3.62. The summed E-state index contributed by atoms with van der Waals surface area (Å²) in [6.45, 7) is 0. The molecule has 0 aliphatic carbocycles. The van der Waals surface area contributed by atoms with Crippen molar-refractivity contribution in [3.8, 4) is 0 Å². The van der Waals surface area contributed by atoms with Gasteiger partial charge in [-0.25, -0.2) is 8.42 Å². The molecule has 17 heavy (non-hydrogen) atoms. The molecule has 1 aromatic carbocycles. The van der Waals surface area contributed by atoms with Gasteiger partial charge >= 0.3 is 0 Å². The van der Waals surface area contributed by atoms with Gasteiger partial charge in [-0.05, 0) is 17.0 Å². The van der Waals surface area contributed by atoms with Gasteiger partial charge in [0.25, 0.3) is 0 Å². The first-order valence-corrected chi connectivity index (χ1v) is 8.77. The van der Waals surface area contributed by atoms with E-state index in [1.165, 1.54) is 23.2 Å². The fraction of sp³-hybridized carbons (Fsp3) is 0.167. The van der Waals surface area contributed by atoms with Crippen LogP contribution in [0.15, 0.2) is 50.9 Å². The maximum atomic E-state index is 11.5. The zero-order valence-electron chi connectivity index (χ0n) is 9.29. The molecule has 0 spiro atoms. The molecule has 1 aromatic heterocycles. The van der Waals surface area contributed by atoms with Gasteiger partial charge in [0, 0.05) is 16.9 Å². The lowest BCUT2D eigenvalue weighted by Gasteiger charge is -2.02. The zero-order valence-corrected chi connectivity index (χ0v) is 11.7. The molecule has 0 saturated heterocycles. The molecular weight excluding hydrogens is 272 g/mol. The monoisotopic (exact) mass is 284 g/mol. The van der Waals surface area contributed by atoms with Gasteiger partial charge in [-0.2, -0.15) is 0 Å². The third-order valence-corrected chi connectivity index (χ3v) is 6.35. The zero-order chi connectivity index (χ0) is 12.3. The van der Waals surface area contributed by atoms with E-state index in [0.717, 1.165) is 10.6 Å². The Kier molecular flexibility index (Phi) is 3.91. The molecule has 5 heteroatoms. The summed E-state index contributed by atoms with van der Waals surface area (Å²) in [5.74, 6) is 0.792. The van der Waals surface area contributed by atoms with E-state index in [1.807, 2.05) is 41.8 Å². The molecule has 0 atom stereocenters. The predicted molar refractivity (Wildman–Crippen MR) is 73.4 cm³/mol. The molecule has 0 saturated carbocycles. The van der Waals surface area contributed by atoms with E-state index in [9.17, 15) is 8.42 Å². The van der Waals surface area contributed by atoms with Crippen LogP contribution < -0.4 is 0 Å². The molecule has 0 bridgehead atoms. The van der Waals surface area contributed by atoms with E-state index in [4.69, 9.17) is 0 Å². The smallest absolute Gasteiger partial charge is 0.186 e. The van der Waals surface area contributed by atoms with E-state index in [0.29, 0.717) is 4.21 Å². The normalized spacial score (nSPS) is 11.6. The summed E-state index contributed by atoms with van der Waals surface area (Å²) in [4.78, 5) is 0.848. The molecule has 0 radical (unpaired) electrons. The average molecular weight is 284 g/mol. The lowest BCUT2D eigenvalue weighted by molar-refractivity contribution is 0.602. The van der Waals surface area contributed by atoms with Crippen LogP contribution in [0.5, 0.6) is 0 Å². The quantitative estimate of drug-likeness (QED) is 0.807. The first kappa shape index (κ1) is 12.7. The van der Waals surface area contributed by atoms with Crippen molar-refractivity contribution in [3.05, 3.63) is 47.3 Å². The van der Waals surface area contributed by atoms with Gasteiger partial charge in [0.05, 0.1) is 0 Å². The summed E-state index contributed by atoms with van der Waals surface area (Å²) in [5, 5.41) is 1.82. The lowest BCUT2D eigenvalue weighted by atomic mass is 10.2. The molecule has 0 fully saturated rings. The Bertz CT molecular complexity index is 585. The molecule has 2 rings (SSSR count). The fourth-order valence-corrected chi connectivity index (χ4v) is 5.04. The number of hydrogen-bond acceptors (Lipinski definition) is 4. The van der Waals surface area contributed by atoms with Crippen molar-refractivity contribution in [2.24, 2.45) is 0 Å². The van der Waals surface area contributed by atoms with Crippen LogP contribution in [-0.4, -0.2) is 14.7 Å². The summed E-state index contributed by atoms with van der Waals surface area (Å²) in [6, 6.07) is 11.9. The fourth-order valence-electron chi connectivity index (χ4n) is 1.40. The molecule has 0 aliphatic heterocycles. The number of hydrogen-bond donors (Lipinski definition) is 0. The lowest BCUT2D eigenvalue weighted by Crippen LogP contribution is -1.95. The molecule has 90 valence electrons. The Balaban J connectivity index is 2.13. The van der Waals surface area contributed by atoms with Crippen LogP contribution in [0.3, 0.4) is 0 Å². The van der Waals surface area contributed by atoms with Crippen LogP contribution in [0.1, 0.15) is 5.56 Å². The van der Waals surface area contributed by atoms with Crippen molar-refractivity contribution >= 4 is 32.9 Å². The molecule has 1 heterocycles. The van der Waals surface area contributed by atoms with Gasteiger partial charge in [0.1, 0.15) is 4.21 Å². The van der Waals surface area contributed by atoms with Gasteiger partial charge in [-0.3, -0.25) is 0 Å². The maximum Gasteiger partial charge on any atom is 0.186 e. The largest absolute Gasteiger partial charge is 0.223 e. The highest BCUT2D eigenvalue weighted by Gasteiger charge is 2.15. The van der Waals surface area contributed by atoms with E-state index >= 15 is 0 Å². The highest BCUT2D eigenvalue weighted by Crippen LogP contribution is 2.33. The molecule has 0 aliphatic rings. The van der Waals surface area contributed by atoms with Crippen molar-refractivity contribution in [2.75, 3.05) is 6.26 Å². The predicted octanol–water partition coefficient (Wildman–Crippen LogP) is 3.44. The van der Waals surface area contributed by atoms with Crippen molar-refractivity contribution in [1.82, 2.24) is 0 Å². The standard InChI is InChI=1S/C12H12O2S3/c1-17(13,14)12-11(7-8-15-12)16-9-10-5-3-2-4-6-10/h2-8H,9H2,1H3. The Morgan fingerprint density at radius 2 is 1.88 bits per heavy atom. The molecule has 2 aromatic rings. The average Bonchev–Trinajstić information content (AvgIpc) is 2.75.